The summed E-state index contributed by atoms with van der Waals surface area (Å²) in [7, 11) is 0. The third kappa shape index (κ3) is 3.67. The van der Waals surface area contributed by atoms with E-state index in [1.807, 2.05) is 31.2 Å². The van der Waals surface area contributed by atoms with Crippen LogP contribution in [0.5, 0.6) is 11.5 Å². The first-order chi connectivity index (χ1) is 13.7. The number of rotatable bonds is 6. The van der Waals surface area contributed by atoms with E-state index in [-0.39, 0.29) is 18.2 Å². The Morgan fingerprint density at radius 2 is 1.96 bits per heavy atom. The molecule has 4 aromatic rings. The summed E-state index contributed by atoms with van der Waals surface area (Å²) in [4.78, 5) is 6.10. The molecule has 0 amide bonds. The van der Waals surface area contributed by atoms with E-state index in [0.717, 1.165) is 21.7 Å². The Morgan fingerprint density at radius 1 is 1.14 bits per heavy atom. The molecule has 2 aromatic carbocycles. The molecule has 4 rings (SSSR count). The number of para-hydroxylation sites is 1. The van der Waals surface area contributed by atoms with Gasteiger partial charge in [-0.15, -0.1) is 11.3 Å². The van der Waals surface area contributed by atoms with Gasteiger partial charge in [-0.05, 0) is 48.4 Å². The number of aliphatic hydroxyl groups excluding tert-OH is 1. The number of aromatic nitrogens is 2. The van der Waals surface area contributed by atoms with Crippen LogP contribution in [0, 0.1) is 5.82 Å². The zero-order chi connectivity index (χ0) is 19.5. The maximum absolute atomic E-state index is 14.5. The molecule has 0 radical (unpaired) electrons. The normalized spacial score (nSPS) is 11.0. The Labute approximate surface area is 165 Å². The summed E-state index contributed by atoms with van der Waals surface area (Å²) < 4.78 is 25.4. The smallest absolute Gasteiger partial charge is 0.258 e. The van der Waals surface area contributed by atoms with E-state index in [1.165, 1.54) is 23.5 Å². The van der Waals surface area contributed by atoms with E-state index in [0.29, 0.717) is 17.1 Å². The second kappa shape index (κ2) is 7.92. The van der Waals surface area contributed by atoms with Crippen LogP contribution in [0.1, 0.15) is 17.4 Å². The molecule has 7 heteroatoms. The summed E-state index contributed by atoms with van der Waals surface area (Å²) in [6.45, 7) is 1.99. The van der Waals surface area contributed by atoms with Gasteiger partial charge >= 0.3 is 0 Å². The molecular weight excluding hydrogens is 379 g/mol. The lowest BCUT2D eigenvalue weighted by atomic mass is 10.2. The highest BCUT2D eigenvalue weighted by molar-refractivity contribution is 7.15. The number of benzene rings is 2. The summed E-state index contributed by atoms with van der Waals surface area (Å²) in [6.07, 6.45) is 0.788. The Balaban J connectivity index is 1.60. The first-order valence-electron chi connectivity index (χ1n) is 8.77. The molecule has 142 valence electrons. The van der Waals surface area contributed by atoms with Crippen molar-refractivity contribution in [3.63, 3.8) is 0 Å². The van der Waals surface area contributed by atoms with Gasteiger partial charge in [-0.25, -0.2) is 4.39 Å². The highest BCUT2D eigenvalue weighted by Crippen LogP contribution is 2.34. The van der Waals surface area contributed by atoms with Crippen molar-refractivity contribution < 1.29 is 18.8 Å². The minimum absolute atomic E-state index is 0.0313. The maximum atomic E-state index is 14.5. The van der Waals surface area contributed by atoms with Gasteiger partial charge in [0.1, 0.15) is 5.75 Å². The van der Waals surface area contributed by atoms with Crippen LogP contribution in [0.3, 0.4) is 0 Å². The number of thiophene rings is 1. The van der Waals surface area contributed by atoms with Crippen molar-refractivity contribution in [2.45, 2.75) is 20.0 Å². The molecule has 28 heavy (non-hydrogen) atoms. The van der Waals surface area contributed by atoms with E-state index in [9.17, 15) is 9.50 Å². The number of nitrogens with zero attached hydrogens (tertiary/aromatic N) is 2. The van der Waals surface area contributed by atoms with Gasteiger partial charge in [-0.2, -0.15) is 4.98 Å². The Morgan fingerprint density at radius 3 is 2.68 bits per heavy atom. The lowest BCUT2D eigenvalue weighted by Crippen LogP contribution is -1.89. The fourth-order valence-corrected chi connectivity index (χ4v) is 3.82. The van der Waals surface area contributed by atoms with Gasteiger partial charge in [0.25, 0.3) is 5.89 Å². The molecule has 5 nitrogen and oxygen atoms in total. The minimum atomic E-state index is -0.519. The van der Waals surface area contributed by atoms with E-state index in [2.05, 4.69) is 10.1 Å². The average molecular weight is 396 g/mol. The maximum Gasteiger partial charge on any atom is 0.258 e. The Kier molecular flexibility index (Phi) is 5.18. The van der Waals surface area contributed by atoms with Crippen LogP contribution in [-0.2, 0) is 13.0 Å². The number of hydrogen-bond donors (Lipinski definition) is 1. The molecule has 0 saturated carbocycles. The molecule has 0 unspecified atom stereocenters. The molecular formula is C21H17FN2O3S. The third-order valence-electron chi connectivity index (χ3n) is 4.18. The summed E-state index contributed by atoms with van der Waals surface area (Å²) in [5.74, 6) is 0.810. The number of halogens is 1. The summed E-state index contributed by atoms with van der Waals surface area (Å²) in [5, 5.41) is 13.4. The fraction of sp³-hybridized carbons (Fsp3) is 0.143. The molecule has 2 aromatic heterocycles. The van der Waals surface area contributed by atoms with Crippen molar-refractivity contribution in [1.82, 2.24) is 10.1 Å². The largest absolute Gasteiger partial charge is 0.454 e. The molecule has 1 N–H and O–H groups in total. The molecule has 0 saturated heterocycles. The quantitative estimate of drug-likeness (QED) is 0.469. The standard InChI is InChI=1S/C21H17FN2O3S/c1-2-13-10-16(12-25)28-19(13)20-23-21(27-24-20)14-8-9-18(17(22)11-14)26-15-6-4-3-5-7-15/h3-11,25H,2,12H2,1H3. The summed E-state index contributed by atoms with van der Waals surface area (Å²) >= 11 is 1.42. The van der Waals surface area contributed by atoms with Crippen molar-refractivity contribution in [2.75, 3.05) is 0 Å². The van der Waals surface area contributed by atoms with E-state index < -0.39 is 5.82 Å². The van der Waals surface area contributed by atoms with Crippen molar-refractivity contribution in [1.29, 1.82) is 0 Å². The van der Waals surface area contributed by atoms with Crippen LogP contribution in [0.15, 0.2) is 59.1 Å². The molecule has 0 aliphatic carbocycles. The highest BCUT2D eigenvalue weighted by Gasteiger charge is 2.18. The van der Waals surface area contributed by atoms with Gasteiger partial charge in [0.15, 0.2) is 11.6 Å². The van der Waals surface area contributed by atoms with Crippen molar-refractivity contribution >= 4 is 11.3 Å². The second-order valence-corrected chi connectivity index (χ2v) is 7.20. The van der Waals surface area contributed by atoms with Crippen molar-refractivity contribution in [3.8, 4) is 33.7 Å². The van der Waals surface area contributed by atoms with Gasteiger partial charge < -0.3 is 14.4 Å². The molecule has 0 aliphatic heterocycles. The monoisotopic (exact) mass is 396 g/mol. The van der Waals surface area contributed by atoms with Gasteiger partial charge in [-0.3, -0.25) is 0 Å². The van der Waals surface area contributed by atoms with E-state index in [1.54, 1.807) is 18.2 Å². The average Bonchev–Trinajstić information content (AvgIpc) is 3.37. The van der Waals surface area contributed by atoms with Gasteiger partial charge in [0.2, 0.25) is 5.82 Å². The zero-order valence-corrected chi connectivity index (χ0v) is 15.9. The lowest BCUT2D eigenvalue weighted by Gasteiger charge is -2.06. The van der Waals surface area contributed by atoms with E-state index in [4.69, 9.17) is 9.26 Å². The number of ether oxygens (including phenoxy) is 1. The molecule has 0 aliphatic rings. The summed E-state index contributed by atoms with van der Waals surface area (Å²) in [5.41, 5.74) is 1.51. The molecule has 0 bridgehead atoms. The van der Waals surface area contributed by atoms with Crippen LogP contribution in [0.4, 0.5) is 4.39 Å². The Bertz CT molecular complexity index is 1090. The predicted octanol–water partition coefficient (Wildman–Crippen LogP) is 5.45. The van der Waals surface area contributed by atoms with Crippen LogP contribution >= 0.6 is 11.3 Å². The SMILES string of the molecule is CCc1cc(CO)sc1-c1noc(-c2ccc(Oc3ccccc3)c(F)c2)n1. The number of hydrogen-bond acceptors (Lipinski definition) is 6. The third-order valence-corrected chi connectivity index (χ3v) is 5.33. The van der Waals surface area contributed by atoms with Gasteiger partial charge in [0.05, 0.1) is 11.5 Å². The fourth-order valence-electron chi connectivity index (χ4n) is 2.78. The van der Waals surface area contributed by atoms with Crippen LogP contribution in [-0.4, -0.2) is 15.2 Å². The Hall–Kier alpha value is -3.03. The number of aryl methyl sites for hydroxylation is 1. The predicted molar refractivity (Wildman–Crippen MR) is 105 cm³/mol. The van der Waals surface area contributed by atoms with Gasteiger partial charge in [-0.1, -0.05) is 30.3 Å². The minimum Gasteiger partial charge on any atom is -0.454 e. The molecule has 0 fully saturated rings. The lowest BCUT2D eigenvalue weighted by molar-refractivity contribution is 0.285. The van der Waals surface area contributed by atoms with Crippen LogP contribution in [0.25, 0.3) is 22.2 Å². The second-order valence-electron chi connectivity index (χ2n) is 6.06. The highest BCUT2D eigenvalue weighted by atomic mass is 32.1. The van der Waals surface area contributed by atoms with Crippen molar-refractivity contribution in [3.05, 3.63) is 70.9 Å². The first-order valence-corrected chi connectivity index (χ1v) is 9.59. The molecule has 2 heterocycles. The van der Waals surface area contributed by atoms with Crippen LogP contribution in [0.2, 0.25) is 0 Å². The van der Waals surface area contributed by atoms with Crippen LogP contribution < -0.4 is 4.74 Å². The van der Waals surface area contributed by atoms with Gasteiger partial charge in [0, 0.05) is 10.4 Å². The first kappa shape index (κ1) is 18.3. The number of aliphatic hydroxyl groups is 1. The topological polar surface area (TPSA) is 68.4 Å². The molecule has 0 atom stereocenters. The van der Waals surface area contributed by atoms with Crippen molar-refractivity contribution in [2.24, 2.45) is 0 Å². The molecule has 0 spiro atoms. The zero-order valence-electron chi connectivity index (χ0n) is 15.1. The van der Waals surface area contributed by atoms with E-state index >= 15 is 0 Å². The summed E-state index contributed by atoms with van der Waals surface area (Å²) in [6, 6.07) is 15.5.